The van der Waals surface area contributed by atoms with Gasteiger partial charge in [0.2, 0.25) is 5.91 Å². The van der Waals surface area contributed by atoms with Gasteiger partial charge in [0.25, 0.3) is 0 Å². The third kappa shape index (κ3) is 39.1. The highest BCUT2D eigenvalue weighted by atomic mass is 16.3. The molecule has 5 heteroatoms. The Labute approximate surface area is 326 Å². The summed E-state index contributed by atoms with van der Waals surface area (Å²) in [6, 6.07) is -0.652. The summed E-state index contributed by atoms with van der Waals surface area (Å²) in [5, 5.41) is 33.4. The molecule has 0 aliphatic carbocycles. The number of unbranched alkanes of at least 4 members (excludes halogenated alkanes) is 35. The molecule has 0 saturated heterocycles. The van der Waals surface area contributed by atoms with Crippen molar-refractivity contribution in [2.75, 3.05) is 6.61 Å². The predicted octanol–water partition coefficient (Wildman–Crippen LogP) is 13.8. The Kier molecular flexibility index (Phi) is 42.5. The fourth-order valence-corrected chi connectivity index (χ4v) is 7.76. The van der Waals surface area contributed by atoms with E-state index in [1.54, 1.807) is 0 Å². The Morgan fingerprint density at radius 3 is 0.923 bits per heavy atom. The second-order valence-electron chi connectivity index (χ2n) is 16.7. The lowest BCUT2D eigenvalue weighted by Crippen LogP contribution is -2.46. The van der Waals surface area contributed by atoms with Gasteiger partial charge in [-0.1, -0.05) is 251 Å². The summed E-state index contributed by atoms with van der Waals surface area (Å²) in [4.78, 5) is 12.5. The molecule has 0 saturated carbocycles. The molecule has 0 aliphatic rings. The quantitative estimate of drug-likeness (QED) is 0.0469. The summed E-state index contributed by atoms with van der Waals surface area (Å²) in [6.07, 6.45) is 49.4. The van der Waals surface area contributed by atoms with Crippen LogP contribution >= 0.6 is 0 Å². The van der Waals surface area contributed by atoms with Gasteiger partial charge in [-0.15, -0.1) is 0 Å². The smallest absolute Gasteiger partial charge is 0.222 e. The van der Waals surface area contributed by atoms with Gasteiger partial charge in [0.05, 0.1) is 31.3 Å². The van der Waals surface area contributed by atoms with E-state index in [1.165, 1.54) is 212 Å². The second-order valence-corrected chi connectivity index (χ2v) is 16.7. The van der Waals surface area contributed by atoms with E-state index in [2.05, 4.69) is 19.2 Å². The standard InChI is InChI=1S/C47H95NO4/c1-3-5-7-9-11-13-15-17-18-19-20-21-22-23-24-25-26-27-29-31-33-35-37-39-41-46(51)45(43-49)48-47(52)42-44(50)40-38-36-34-32-30-28-16-14-12-10-8-6-4-2/h44-46,49-51H,3-43H2,1-2H3,(H,48,52). The van der Waals surface area contributed by atoms with Gasteiger partial charge < -0.3 is 20.6 Å². The molecular weight excluding hydrogens is 643 g/mol. The van der Waals surface area contributed by atoms with Crippen LogP contribution in [0, 0.1) is 0 Å². The van der Waals surface area contributed by atoms with Crippen molar-refractivity contribution in [3.63, 3.8) is 0 Å². The number of hydrogen-bond donors (Lipinski definition) is 4. The summed E-state index contributed by atoms with van der Waals surface area (Å²) in [6.45, 7) is 4.28. The molecule has 0 fully saturated rings. The van der Waals surface area contributed by atoms with Gasteiger partial charge in [-0.3, -0.25) is 4.79 Å². The molecule has 0 aliphatic heterocycles. The zero-order chi connectivity index (χ0) is 38.0. The van der Waals surface area contributed by atoms with Gasteiger partial charge >= 0.3 is 0 Å². The van der Waals surface area contributed by atoms with Crippen LogP contribution in [-0.4, -0.2) is 46.1 Å². The Morgan fingerprint density at radius 2 is 0.654 bits per heavy atom. The molecule has 0 aromatic rings. The van der Waals surface area contributed by atoms with Gasteiger partial charge in [-0.2, -0.15) is 0 Å². The van der Waals surface area contributed by atoms with Crippen LogP contribution in [0.5, 0.6) is 0 Å². The van der Waals surface area contributed by atoms with Crippen molar-refractivity contribution in [1.29, 1.82) is 0 Å². The molecule has 1 amide bonds. The maximum Gasteiger partial charge on any atom is 0.222 e. The van der Waals surface area contributed by atoms with E-state index in [0.29, 0.717) is 12.8 Å². The minimum atomic E-state index is -0.744. The van der Waals surface area contributed by atoms with Gasteiger partial charge in [0.15, 0.2) is 0 Å². The molecule has 3 atom stereocenters. The third-order valence-electron chi connectivity index (χ3n) is 11.4. The van der Waals surface area contributed by atoms with Crippen molar-refractivity contribution >= 4 is 5.91 Å². The number of hydrogen-bond acceptors (Lipinski definition) is 4. The van der Waals surface area contributed by atoms with Crippen molar-refractivity contribution in [1.82, 2.24) is 5.32 Å². The molecule has 0 radical (unpaired) electrons. The lowest BCUT2D eigenvalue weighted by molar-refractivity contribution is -0.125. The summed E-state index contributed by atoms with van der Waals surface area (Å²) in [5.74, 6) is -0.278. The molecule has 5 nitrogen and oxygen atoms in total. The van der Waals surface area contributed by atoms with Crippen LogP contribution in [0.3, 0.4) is 0 Å². The number of rotatable bonds is 44. The van der Waals surface area contributed by atoms with Crippen molar-refractivity contribution in [3.8, 4) is 0 Å². The van der Waals surface area contributed by atoms with E-state index >= 15 is 0 Å². The van der Waals surface area contributed by atoms with E-state index in [0.717, 1.165) is 25.7 Å². The minimum Gasteiger partial charge on any atom is -0.394 e. The number of carbonyl (C=O) groups excluding carboxylic acids is 1. The molecule has 312 valence electrons. The highest BCUT2D eigenvalue weighted by Crippen LogP contribution is 2.17. The first kappa shape index (κ1) is 51.4. The van der Waals surface area contributed by atoms with E-state index in [4.69, 9.17) is 0 Å². The molecule has 4 N–H and O–H groups in total. The van der Waals surface area contributed by atoms with Crippen LogP contribution in [0.25, 0.3) is 0 Å². The molecule has 0 rings (SSSR count). The van der Waals surface area contributed by atoms with Crippen LogP contribution in [0.4, 0.5) is 0 Å². The van der Waals surface area contributed by atoms with Crippen LogP contribution < -0.4 is 5.32 Å². The van der Waals surface area contributed by atoms with Gasteiger partial charge in [0.1, 0.15) is 0 Å². The monoisotopic (exact) mass is 738 g/mol. The van der Waals surface area contributed by atoms with Crippen molar-refractivity contribution in [2.24, 2.45) is 0 Å². The number of amides is 1. The van der Waals surface area contributed by atoms with Gasteiger partial charge in [0, 0.05) is 0 Å². The fourth-order valence-electron chi connectivity index (χ4n) is 7.76. The van der Waals surface area contributed by atoms with Crippen LogP contribution in [-0.2, 0) is 4.79 Å². The van der Waals surface area contributed by atoms with Gasteiger partial charge in [-0.25, -0.2) is 0 Å². The summed E-state index contributed by atoms with van der Waals surface area (Å²) < 4.78 is 0. The molecule has 0 spiro atoms. The predicted molar refractivity (Wildman–Crippen MR) is 227 cm³/mol. The average Bonchev–Trinajstić information content (AvgIpc) is 3.14. The maximum atomic E-state index is 12.5. The number of carbonyl (C=O) groups is 1. The largest absolute Gasteiger partial charge is 0.394 e. The van der Waals surface area contributed by atoms with Crippen molar-refractivity contribution in [2.45, 2.75) is 289 Å². The fraction of sp³-hybridized carbons (Fsp3) is 0.979. The van der Waals surface area contributed by atoms with Crippen molar-refractivity contribution in [3.05, 3.63) is 0 Å². The zero-order valence-electron chi connectivity index (χ0n) is 35.5. The van der Waals surface area contributed by atoms with Crippen LogP contribution in [0.2, 0.25) is 0 Å². The maximum absolute atomic E-state index is 12.5. The number of nitrogens with one attached hydrogen (secondary N) is 1. The van der Waals surface area contributed by atoms with Gasteiger partial charge in [-0.05, 0) is 12.8 Å². The lowest BCUT2D eigenvalue weighted by atomic mass is 10.0. The number of aliphatic hydroxyl groups excluding tert-OH is 3. The summed E-state index contributed by atoms with van der Waals surface area (Å²) >= 11 is 0. The van der Waals surface area contributed by atoms with E-state index < -0.39 is 18.2 Å². The minimum absolute atomic E-state index is 0.0426. The second kappa shape index (κ2) is 43.1. The molecule has 0 aromatic carbocycles. The molecule has 3 unspecified atom stereocenters. The Balaban J connectivity index is 3.52. The highest BCUT2D eigenvalue weighted by molar-refractivity contribution is 5.76. The average molecular weight is 738 g/mol. The molecule has 0 aromatic heterocycles. The van der Waals surface area contributed by atoms with E-state index in [1.807, 2.05) is 0 Å². The first-order valence-electron chi connectivity index (χ1n) is 23.8. The lowest BCUT2D eigenvalue weighted by Gasteiger charge is -2.23. The third-order valence-corrected chi connectivity index (χ3v) is 11.4. The molecule has 52 heavy (non-hydrogen) atoms. The molecular formula is C47H95NO4. The topological polar surface area (TPSA) is 89.8 Å². The Morgan fingerprint density at radius 1 is 0.404 bits per heavy atom. The van der Waals surface area contributed by atoms with Crippen LogP contribution in [0.1, 0.15) is 271 Å². The van der Waals surface area contributed by atoms with Crippen molar-refractivity contribution < 1.29 is 20.1 Å². The number of aliphatic hydroxyl groups is 3. The van der Waals surface area contributed by atoms with Crippen LogP contribution in [0.15, 0.2) is 0 Å². The normalized spacial score (nSPS) is 13.4. The summed E-state index contributed by atoms with van der Waals surface area (Å²) in [7, 11) is 0. The zero-order valence-corrected chi connectivity index (χ0v) is 35.5. The highest BCUT2D eigenvalue weighted by Gasteiger charge is 2.21. The summed E-state index contributed by atoms with van der Waals surface area (Å²) in [5.41, 5.74) is 0. The van der Waals surface area contributed by atoms with E-state index in [-0.39, 0.29) is 18.9 Å². The Hall–Kier alpha value is -0.650. The Bertz CT molecular complexity index is 688. The molecule has 0 bridgehead atoms. The van der Waals surface area contributed by atoms with E-state index in [9.17, 15) is 20.1 Å². The first-order chi connectivity index (χ1) is 25.5. The first-order valence-corrected chi connectivity index (χ1v) is 23.8. The molecule has 0 heterocycles. The SMILES string of the molecule is CCCCCCCCCCCCCCCCCCCCCCCCCCC(O)C(CO)NC(=O)CC(O)CCCCCCCCCCCCCCC.